The van der Waals surface area contributed by atoms with Crippen LogP contribution in [0.2, 0.25) is 0 Å². The van der Waals surface area contributed by atoms with Gasteiger partial charge >= 0.3 is 0 Å². The van der Waals surface area contributed by atoms with Crippen LogP contribution in [0.15, 0.2) is 18.2 Å². The summed E-state index contributed by atoms with van der Waals surface area (Å²) in [7, 11) is 0. The molecule has 0 unspecified atom stereocenters. The number of carbonyl (C=O) groups excluding carboxylic acids is 1. The van der Waals surface area contributed by atoms with Gasteiger partial charge in [-0.05, 0) is 25.0 Å². The highest BCUT2D eigenvalue weighted by Crippen LogP contribution is 2.18. The minimum atomic E-state index is -1.07. The first-order chi connectivity index (χ1) is 8.68. The van der Waals surface area contributed by atoms with Gasteiger partial charge in [0.2, 0.25) is 0 Å². The summed E-state index contributed by atoms with van der Waals surface area (Å²) in [6.07, 6.45) is 6.36. The van der Waals surface area contributed by atoms with Gasteiger partial charge in [0.25, 0.3) is 5.91 Å². The minimum absolute atomic E-state index is 0.0858. The van der Waals surface area contributed by atoms with Crippen molar-refractivity contribution >= 4 is 5.91 Å². The molecule has 0 bridgehead atoms. The number of benzene rings is 1. The molecule has 1 aromatic carbocycles. The summed E-state index contributed by atoms with van der Waals surface area (Å²) in [5, 5.41) is 2.80. The van der Waals surface area contributed by atoms with Crippen LogP contribution < -0.4 is 5.32 Å². The highest BCUT2D eigenvalue weighted by molar-refractivity contribution is 5.94. The fourth-order valence-corrected chi connectivity index (χ4v) is 2.37. The fraction of sp³-hybridized carbons (Fsp3) is 0.500. The van der Waals surface area contributed by atoms with Gasteiger partial charge in [0.1, 0.15) is 0 Å². The lowest BCUT2D eigenvalue weighted by Gasteiger charge is -2.16. The van der Waals surface area contributed by atoms with Crippen LogP contribution in [-0.2, 0) is 0 Å². The summed E-state index contributed by atoms with van der Waals surface area (Å²) < 4.78 is 26.5. The molecule has 1 aromatic rings. The maximum absolute atomic E-state index is 13.5. The van der Waals surface area contributed by atoms with Crippen molar-refractivity contribution in [3.8, 4) is 0 Å². The zero-order chi connectivity index (χ0) is 13.0. The van der Waals surface area contributed by atoms with Crippen molar-refractivity contribution in [2.24, 2.45) is 0 Å². The SMILES string of the molecule is O=C(NC1CCCCCC1)c1cccc(F)c1F. The lowest BCUT2D eigenvalue weighted by molar-refractivity contribution is 0.0928. The highest BCUT2D eigenvalue weighted by Gasteiger charge is 2.19. The van der Waals surface area contributed by atoms with Gasteiger partial charge in [-0.2, -0.15) is 0 Å². The second kappa shape index (κ2) is 5.94. The van der Waals surface area contributed by atoms with E-state index in [2.05, 4.69) is 5.32 Å². The van der Waals surface area contributed by atoms with Gasteiger partial charge in [0.15, 0.2) is 11.6 Å². The van der Waals surface area contributed by atoms with Crippen molar-refractivity contribution in [3.05, 3.63) is 35.4 Å². The topological polar surface area (TPSA) is 29.1 Å². The Hall–Kier alpha value is -1.45. The van der Waals surface area contributed by atoms with E-state index in [-0.39, 0.29) is 11.6 Å². The molecular weight excluding hydrogens is 236 g/mol. The zero-order valence-electron chi connectivity index (χ0n) is 10.2. The first-order valence-corrected chi connectivity index (χ1v) is 6.43. The number of carbonyl (C=O) groups is 1. The number of nitrogens with one attached hydrogen (secondary N) is 1. The summed E-state index contributed by atoms with van der Waals surface area (Å²) in [6, 6.07) is 3.76. The van der Waals surface area contributed by atoms with Crippen LogP contribution in [0, 0.1) is 11.6 Å². The van der Waals surface area contributed by atoms with Crippen LogP contribution in [0.1, 0.15) is 48.9 Å². The summed E-state index contributed by atoms with van der Waals surface area (Å²) in [4.78, 5) is 11.9. The Bertz CT molecular complexity index is 426. The van der Waals surface area contributed by atoms with Gasteiger partial charge in [0.05, 0.1) is 5.56 Å². The molecule has 0 aromatic heterocycles. The summed E-state index contributed by atoms with van der Waals surface area (Å²) in [5.41, 5.74) is -0.209. The molecule has 2 rings (SSSR count). The van der Waals surface area contributed by atoms with Crippen LogP contribution in [0.25, 0.3) is 0 Å². The largest absolute Gasteiger partial charge is 0.349 e. The van der Waals surface area contributed by atoms with E-state index >= 15 is 0 Å². The van der Waals surface area contributed by atoms with E-state index in [9.17, 15) is 13.6 Å². The van der Waals surface area contributed by atoms with E-state index in [0.717, 1.165) is 31.7 Å². The predicted molar refractivity (Wildman–Crippen MR) is 65.3 cm³/mol. The molecule has 0 heterocycles. The van der Waals surface area contributed by atoms with Crippen molar-refractivity contribution in [3.63, 3.8) is 0 Å². The van der Waals surface area contributed by atoms with Gasteiger partial charge in [-0.15, -0.1) is 0 Å². The number of rotatable bonds is 2. The molecule has 4 heteroatoms. The Morgan fingerprint density at radius 2 is 1.78 bits per heavy atom. The third-order valence-corrected chi connectivity index (χ3v) is 3.39. The Balaban J connectivity index is 2.04. The molecule has 2 nitrogen and oxygen atoms in total. The molecule has 1 saturated carbocycles. The molecule has 0 atom stereocenters. The van der Waals surface area contributed by atoms with Crippen LogP contribution >= 0.6 is 0 Å². The van der Waals surface area contributed by atoms with Crippen molar-refractivity contribution in [1.29, 1.82) is 0 Å². The van der Waals surface area contributed by atoms with E-state index in [1.807, 2.05) is 0 Å². The summed E-state index contributed by atoms with van der Waals surface area (Å²) >= 11 is 0. The molecule has 1 amide bonds. The Labute approximate surface area is 105 Å². The highest BCUT2D eigenvalue weighted by atomic mass is 19.2. The molecule has 1 fully saturated rings. The smallest absolute Gasteiger partial charge is 0.254 e. The average Bonchev–Trinajstić information content (AvgIpc) is 2.61. The molecule has 0 spiro atoms. The van der Waals surface area contributed by atoms with E-state index in [4.69, 9.17) is 0 Å². The predicted octanol–water partition coefficient (Wildman–Crippen LogP) is 3.42. The van der Waals surface area contributed by atoms with Gasteiger partial charge in [-0.3, -0.25) is 4.79 Å². The first-order valence-electron chi connectivity index (χ1n) is 6.43. The lowest BCUT2D eigenvalue weighted by atomic mass is 10.1. The minimum Gasteiger partial charge on any atom is -0.349 e. The maximum atomic E-state index is 13.5. The van der Waals surface area contributed by atoms with E-state index < -0.39 is 17.5 Å². The molecular formula is C14H17F2NO. The second-order valence-electron chi connectivity index (χ2n) is 4.76. The Morgan fingerprint density at radius 3 is 2.44 bits per heavy atom. The van der Waals surface area contributed by atoms with Crippen LogP contribution in [-0.4, -0.2) is 11.9 Å². The van der Waals surface area contributed by atoms with Crippen LogP contribution in [0.5, 0.6) is 0 Å². The van der Waals surface area contributed by atoms with Crippen molar-refractivity contribution in [1.82, 2.24) is 5.32 Å². The standard InChI is InChI=1S/C14H17F2NO/c15-12-9-5-8-11(13(12)16)14(18)17-10-6-3-1-2-4-7-10/h5,8-10H,1-4,6-7H2,(H,17,18). The van der Waals surface area contributed by atoms with E-state index in [1.165, 1.54) is 25.0 Å². The molecule has 98 valence electrons. The zero-order valence-corrected chi connectivity index (χ0v) is 10.2. The normalized spacial score (nSPS) is 17.2. The number of amides is 1. The summed E-state index contributed by atoms with van der Waals surface area (Å²) in [6.45, 7) is 0. The number of halogens is 2. The van der Waals surface area contributed by atoms with Crippen LogP contribution in [0.4, 0.5) is 8.78 Å². The molecule has 1 aliphatic carbocycles. The van der Waals surface area contributed by atoms with E-state index in [0.29, 0.717) is 0 Å². The lowest BCUT2D eigenvalue weighted by Crippen LogP contribution is -2.35. The molecule has 0 radical (unpaired) electrons. The molecule has 0 aliphatic heterocycles. The number of hydrogen-bond donors (Lipinski definition) is 1. The van der Waals surface area contributed by atoms with Crippen LogP contribution in [0.3, 0.4) is 0 Å². The van der Waals surface area contributed by atoms with Crippen molar-refractivity contribution < 1.29 is 13.6 Å². The van der Waals surface area contributed by atoms with Gasteiger partial charge in [-0.1, -0.05) is 31.7 Å². The number of hydrogen-bond acceptors (Lipinski definition) is 1. The summed E-state index contributed by atoms with van der Waals surface area (Å²) in [5.74, 6) is -2.56. The maximum Gasteiger partial charge on any atom is 0.254 e. The molecule has 1 aliphatic rings. The fourth-order valence-electron chi connectivity index (χ4n) is 2.37. The first kappa shape index (κ1) is 13.0. The van der Waals surface area contributed by atoms with Gasteiger partial charge < -0.3 is 5.32 Å². The third kappa shape index (κ3) is 3.06. The van der Waals surface area contributed by atoms with Crippen molar-refractivity contribution in [2.45, 2.75) is 44.6 Å². The molecule has 1 N–H and O–H groups in total. The molecule has 0 saturated heterocycles. The third-order valence-electron chi connectivity index (χ3n) is 3.39. The monoisotopic (exact) mass is 253 g/mol. The Morgan fingerprint density at radius 1 is 1.11 bits per heavy atom. The molecule has 18 heavy (non-hydrogen) atoms. The quantitative estimate of drug-likeness (QED) is 0.804. The Kier molecular flexibility index (Phi) is 4.28. The van der Waals surface area contributed by atoms with Crippen molar-refractivity contribution in [2.75, 3.05) is 0 Å². The average molecular weight is 253 g/mol. The van der Waals surface area contributed by atoms with Gasteiger partial charge in [-0.25, -0.2) is 8.78 Å². The van der Waals surface area contributed by atoms with Gasteiger partial charge in [0, 0.05) is 6.04 Å². The van der Waals surface area contributed by atoms with E-state index in [1.54, 1.807) is 0 Å². The second-order valence-corrected chi connectivity index (χ2v) is 4.76.